The summed E-state index contributed by atoms with van der Waals surface area (Å²) < 4.78 is 1.75. The molecule has 1 unspecified atom stereocenters. The van der Waals surface area contributed by atoms with Gasteiger partial charge in [-0.05, 0) is 44.6 Å². The molecule has 2 fully saturated rings. The van der Waals surface area contributed by atoms with Crippen molar-refractivity contribution in [3.63, 3.8) is 0 Å². The van der Waals surface area contributed by atoms with E-state index in [1.807, 2.05) is 19.4 Å². The highest BCUT2D eigenvalue weighted by Gasteiger charge is 2.50. The quantitative estimate of drug-likeness (QED) is 0.877. The number of hydrogen-bond donors (Lipinski definition) is 1. The predicted molar refractivity (Wildman–Crippen MR) is 77.4 cm³/mol. The second-order valence-corrected chi connectivity index (χ2v) is 6.67. The molecular weight excluding hydrogens is 268 g/mol. The Hall–Kier alpha value is -1.85. The fourth-order valence-corrected chi connectivity index (χ4v) is 3.03. The molecule has 1 saturated carbocycles. The number of nitrogens with zero attached hydrogens (tertiary/aromatic N) is 3. The molecule has 1 aliphatic heterocycles. The Kier molecular flexibility index (Phi) is 3.26. The summed E-state index contributed by atoms with van der Waals surface area (Å²) in [6, 6.07) is -0.290. The van der Waals surface area contributed by atoms with E-state index in [1.165, 1.54) is 0 Å². The van der Waals surface area contributed by atoms with Crippen molar-refractivity contribution < 1.29 is 9.59 Å². The molecule has 1 N–H and O–H groups in total. The van der Waals surface area contributed by atoms with Crippen LogP contribution in [0.1, 0.15) is 32.3 Å². The van der Waals surface area contributed by atoms with Crippen LogP contribution in [0.15, 0.2) is 12.4 Å². The highest BCUT2D eigenvalue weighted by atomic mass is 16.2. The zero-order valence-corrected chi connectivity index (χ0v) is 12.8. The number of aryl methyl sites for hydroxylation is 1. The maximum Gasteiger partial charge on any atom is 0.248 e. The van der Waals surface area contributed by atoms with Gasteiger partial charge in [0, 0.05) is 19.8 Å². The summed E-state index contributed by atoms with van der Waals surface area (Å²) in [6.07, 6.45) is 6.56. The third-order valence-corrected chi connectivity index (χ3v) is 4.30. The van der Waals surface area contributed by atoms with Crippen LogP contribution in [0, 0.1) is 5.92 Å². The minimum Gasteiger partial charge on any atom is -0.340 e. The van der Waals surface area contributed by atoms with Gasteiger partial charge < -0.3 is 10.2 Å². The number of piperazine rings is 1. The number of carbonyl (C=O) groups excluding carboxylic acids is 2. The number of hydrogen-bond acceptors (Lipinski definition) is 3. The van der Waals surface area contributed by atoms with E-state index in [1.54, 1.807) is 23.4 Å². The average molecular weight is 290 g/mol. The van der Waals surface area contributed by atoms with Crippen LogP contribution in [-0.4, -0.2) is 44.6 Å². The molecule has 6 heteroatoms. The minimum absolute atomic E-state index is 0.00622. The van der Waals surface area contributed by atoms with Crippen molar-refractivity contribution in [2.45, 2.75) is 44.7 Å². The van der Waals surface area contributed by atoms with Crippen molar-refractivity contribution in [3.05, 3.63) is 18.0 Å². The van der Waals surface area contributed by atoms with Gasteiger partial charge in [-0.1, -0.05) is 0 Å². The fraction of sp³-hybridized carbons (Fsp3) is 0.667. The smallest absolute Gasteiger partial charge is 0.248 e. The monoisotopic (exact) mass is 290 g/mol. The van der Waals surface area contributed by atoms with Gasteiger partial charge in [0.1, 0.15) is 11.6 Å². The molecule has 1 aromatic heterocycles. The van der Waals surface area contributed by atoms with E-state index in [0.29, 0.717) is 12.5 Å². The van der Waals surface area contributed by atoms with E-state index in [2.05, 4.69) is 10.4 Å². The van der Waals surface area contributed by atoms with Gasteiger partial charge in [-0.2, -0.15) is 5.10 Å². The summed E-state index contributed by atoms with van der Waals surface area (Å²) >= 11 is 0. The van der Waals surface area contributed by atoms with E-state index in [9.17, 15) is 9.59 Å². The summed E-state index contributed by atoms with van der Waals surface area (Å²) in [5.74, 6) is 0.343. The van der Waals surface area contributed by atoms with Gasteiger partial charge in [0.05, 0.1) is 6.20 Å². The zero-order chi connectivity index (χ0) is 15.2. The van der Waals surface area contributed by atoms with Gasteiger partial charge in [-0.3, -0.25) is 14.3 Å². The molecule has 0 radical (unpaired) electrons. The lowest BCUT2D eigenvalue weighted by molar-refractivity contribution is -0.154. The molecule has 0 spiro atoms. The van der Waals surface area contributed by atoms with Crippen LogP contribution in [0.25, 0.3) is 0 Å². The second-order valence-electron chi connectivity index (χ2n) is 6.67. The largest absolute Gasteiger partial charge is 0.340 e. The number of rotatable bonds is 4. The lowest BCUT2D eigenvalue weighted by Crippen LogP contribution is -2.68. The number of nitrogens with one attached hydrogen (secondary N) is 1. The molecule has 2 amide bonds. The van der Waals surface area contributed by atoms with Crippen molar-refractivity contribution in [1.29, 1.82) is 0 Å². The molecule has 21 heavy (non-hydrogen) atoms. The molecule has 2 heterocycles. The van der Waals surface area contributed by atoms with Crippen molar-refractivity contribution in [3.8, 4) is 0 Å². The molecular formula is C15H22N4O2. The standard InChI is InChI=1S/C15H22N4O2/c1-15(2)14(21)19(7-6-10-8-16-18(3)9-10)12(11-4-5-11)13(20)17-15/h8-9,11-12H,4-7H2,1-3H3,(H,17,20). The van der Waals surface area contributed by atoms with Crippen molar-refractivity contribution in [1.82, 2.24) is 20.0 Å². The molecule has 0 aromatic carbocycles. The van der Waals surface area contributed by atoms with Crippen LogP contribution in [0.2, 0.25) is 0 Å². The first kappa shape index (κ1) is 14.1. The van der Waals surface area contributed by atoms with Gasteiger partial charge in [0.2, 0.25) is 11.8 Å². The Balaban J connectivity index is 1.77. The van der Waals surface area contributed by atoms with Gasteiger partial charge in [-0.25, -0.2) is 0 Å². The van der Waals surface area contributed by atoms with Crippen molar-refractivity contribution in [2.24, 2.45) is 13.0 Å². The maximum atomic E-state index is 12.7. The maximum absolute atomic E-state index is 12.7. The molecule has 2 aliphatic rings. The summed E-state index contributed by atoms with van der Waals surface area (Å²) in [5, 5.41) is 7.01. The van der Waals surface area contributed by atoms with Gasteiger partial charge in [0.15, 0.2) is 0 Å². The molecule has 1 aromatic rings. The van der Waals surface area contributed by atoms with Gasteiger partial charge >= 0.3 is 0 Å². The van der Waals surface area contributed by atoms with Crippen LogP contribution in [0.5, 0.6) is 0 Å². The van der Waals surface area contributed by atoms with Crippen LogP contribution in [0.3, 0.4) is 0 Å². The van der Waals surface area contributed by atoms with Crippen molar-refractivity contribution >= 4 is 11.8 Å². The van der Waals surface area contributed by atoms with Gasteiger partial charge in [0.25, 0.3) is 0 Å². The number of amides is 2. The van der Waals surface area contributed by atoms with E-state index >= 15 is 0 Å². The molecule has 114 valence electrons. The van der Waals surface area contributed by atoms with Crippen LogP contribution < -0.4 is 5.32 Å². The lowest BCUT2D eigenvalue weighted by Gasteiger charge is -2.43. The second kappa shape index (κ2) is 4.86. The first-order valence-electron chi connectivity index (χ1n) is 7.49. The molecule has 0 bridgehead atoms. The zero-order valence-electron chi connectivity index (χ0n) is 12.8. The third kappa shape index (κ3) is 2.66. The lowest BCUT2D eigenvalue weighted by atomic mass is 9.94. The Morgan fingerprint density at radius 2 is 2.10 bits per heavy atom. The number of aromatic nitrogens is 2. The Morgan fingerprint density at radius 3 is 2.67 bits per heavy atom. The van der Waals surface area contributed by atoms with Crippen LogP contribution in [0.4, 0.5) is 0 Å². The average Bonchev–Trinajstić information content (AvgIpc) is 3.14. The molecule has 1 aliphatic carbocycles. The van der Waals surface area contributed by atoms with E-state index in [0.717, 1.165) is 24.8 Å². The normalized spacial score (nSPS) is 25.1. The molecule has 1 atom stereocenters. The van der Waals surface area contributed by atoms with Crippen LogP contribution >= 0.6 is 0 Å². The van der Waals surface area contributed by atoms with E-state index in [-0.39, 0.29) is 17.9 Å². The molecule has 1 saturated heterocycles. The van der Waals surface area contributed by atoms with Crippen LogP contribution in [-0.2, 0) is 23.1 Å². The summed E-state index contributed by atoms with van der Waals surface area (Å²) in [4.78, 5) is 26.8. The third-order valence-electron chi connectivity index (χ3n) is 4.30. The number of carbonyl (C=O) groups is 2. The van der Waals surface area contributed by atoms with Crippen molar-refractivity contribution in [2.75, 3.05) is 6.54 Å². The Labute approximate surface area is 124 Å². The highest BCUT2D eigenvalue weighted by molar-refractivity contribution is 5.99. The minimum atomic E-state index is -0.808. The Bertz CT molecular complexity index is 574. The molecule has 3 rings (SSSR count). The molecule has 6 nitrogen and oxygen atoms in total. The first-order valence-corrected chi connectivity index (χ1v) is 7.49. The SMILES string of the molecule is Cn1cc(CCN2C(=O)C(C)(C)NC(=O)C2C2CC2)cn1. The summed E-state index contributed by atoms with van der Waals surface area (Å²) in [6.45, 7) is 4.11. The van der Waals surface area contributed by atoms with Gasteiger partial charge in [-0.15, -0.1) is 0 Å². The summed E-state index contributed by atoms with van der Waals surface area (Å²) in [5.41, 5.74) is 0.279. The van der Waals surface area contributed by atoms with E-state index in [4.69, 9.17) is 0 Å². The fourth-order valence-electron chi connectivity index (χ4n) is 3.03. The highest BCUT2D eigenvalue weighted by Crippen LogP contribution is 2.38. The first-order chi connectivity index (χ1) is 9.88. The topological polar surface area (TPSA) is 67.2 Å². The van der Waals surface area contributed by atoms with E-state index < -0.39 is 5.54 Å². The Morgan fingerprint density at radius 1 is 1.38 bits per heavy atom. The predicted octanol–water partition coefficient (Wildman–Crippen LogP) is 0.478. The summed E-state index contributed by atoms with van der Waals surface area (Å²) in [7, 11) is 1.87.